The molecule has 0 fully saturated rings. The Balaban J connectivity index is 2.49. The summed E-state index contributed by atoms with van der Waals surface area (Å²) in [5, 5.41) is 12.3. The average Bonchev–Trinajstić information content (AvgIpc) is 2.25. The lowest BCUT2D eigenvalue weighted by molar-refractivity contribution is 0.0534. The van der Waals surface area contributed by atoms with Crippen molar-refractivity contribution in [2.45, 2.75) is 26.4 Å². The maximum absolute atomic E-state index is 11.4. The highest BCUT2D eigenvalue weighted by Crippen LogP contribution is 2.26. The third kappa shape index (κ3) is 5.79. The van der Waals surface area contributed by atoms with Crippen molar-refractivity contribution in [2.24, 2.45) is 0 Å². The first kappa shape index (κ1) is 15.6. The molecule has 0 unspecified atom stereocenters. The molecule has 0 aliphatic heterocycles. The van der Waals surface area contributed by atoms with Gasteiger partial charge in [0.1, 0.15) is 11.4 Å². The van der Waals surface area contributed by atoms with E-state index in [0.717, 1.165) is 4.47 Å². The van der Waals surface area contributed by atoms with Crippen LogP contribution in [0, 0.1) is 0 Å². The molecule has 1 aromatic rings. The van der Waals surface area contributed by atoms with Gasteiger partial charge in [-0.3, -0.25) is 0 Å². The second-order valence-corrected chi connectivity index (χ2v) is 5.81. The van der Waals surface area contributed by atoms with E-state index in [2.05, 4.69) is 21.2 Å². The largest absolute Gasteiger partial charge is 0.507 e. The van der Waals surface area contributed by atoms with Gasteiger partial charge in [0.15, 0.2) is 0 Å². The van der Waals surface area contributed by atoms with E-state index in [1.54, 1.807) is 24.3 Å². The van der Waals surface area contributed by atoms with Gasteiger partial charge in [-0.25, -0.2) is 4.79 Å². The first-order valence-electron chi connectivity index (χ1n) is 5.90. The lowest BCUT2D eigenvalue weighted by Gasteiger charge is -2.19. The number of benzene rings is 1. The quantitative estimate of drug-likeness (QED) is 0.890. The van der Waals surface area contributed by atoms with Crippen molar-refractivity contribution in [3.05, 3.63) is 34.3 Å². The number of aromatic hydroxyl groups is 1. The number of phenols is 1. The zero-order valence-electron chi connectivity index (χ0n) is 11.2. The highest BCUT2D eigenvalue weighted by molar-refractivity contribution is 9.10. The van der Waals surface area contributed by atoms with E-state index in [-0.39, 0.29) is 5.75 Å². The van der Waals surface area contributed by atoms with Gasteiger partial charge >= 0.3 is 6.09 Å². The molecular formula is C14H18BrNO3. The van der Waals surface area contributed by atoms with E-state index in [1.807, 2.05) is 26.8 Å². The number of amides is 1. The number of halogens is 1. The Morgan fingerprint density at radius 2 is 2.16 bits per heavy atom. The van der Waals surface area contributed by atoms with Crippen LogP contribution in [0.2, 0.25) is 0 Å². The molecule has 0 saturated carbocycles. The van der Waals surface area contributed by atoms with Crippen molar-refractivity contribution in [2.75, 3.05) is 6.54 Å². The predicted octanol–water partition coefficient (Wildman–Crippen LogP) is 3.69. The molecule has 1 rings (SSSR count). The molecule has 0 bridgehead atoms. The summed E-state index contributed by atoms with van der Waals surface area (Å²) in [6.07, 6.45) is 3.01. The van der Waals surface area contributed by atoms with Crippen molar-refractivity contribution in [3.8, 4) is 5.75 Å². The lowest BCUT2D eigenvalue weighted by Crippen LogP contribution is -2.32. The molecule has 2 N–H and O–H groups in total. The van der Waals surface area contributed by atoms with Crippen LogP contribution in [0.25, 0.3) is 6.08 Å². The van der Waals surface area contributed by atoms with Crippen LogP contribution in [0.5, 0.6) is 5.75 Å². The third-order valence-electron chi connectivity index (χ3n) is 2.08. The van der Waals surface area contributed by atoms with Gasteiger partial charge in [0.05, 0.1) is 0 Å². The summed E-state index contributed by atoms with van der Waals surface area (Å²) < 4.78 is 5.89. The van der Waals surface area contributed by atoms with E-state index in [0.29, 0.717) is 12.1 Å². The Labute approximate surface area is 121 Å². The van der Waals surface area contributed by atoms with E-state index < -0.39 is 11.7 Å². The average molecular weight is 328 g/mol. The molecule has 0 aliphatic carbocycles. The molecule has 5 heteroatoms. The normalized spacial score (nSPS) is 11.6. The monoisotopic (exact) mass is 327 g/mol. The molecule has 0 atom stereocenters. The third-order valence-corrected chi connectivity index (χ3v) is 2.77. The van der Waals surface area contributed by atoms with E-state index in [9.17, 15) is 9.90 Å². The van der Waals surface area contributed by atoms with Gasteiger partial charge in [-0.1, -0.05) is 34.1 Å². The van der Waals surface area contributed by atoms with E-state index in [1.165, 1.54) is 0 Å². The summed E-state index contributed by atoms with van der Waals surface area (Å²) in [6, 6.07) is 5.18. The van der Waals surface area contributed by atoms with Gasteiger partial charge in [0.2, 0.25) is 0 Å². The smallest absolute Gasteiger partial charge is 0.407 e. The van der Waals surface area contributed by atoms with Crippen LogP contribution in [-0.4, -0.2) is 23.3 Å². The second-order valence-electron chi connectivity index (χ2n) is 4.96. The minimum atomic E-state index is -0.505. The van der Waals surface area contributed by atoms with Crippen molar-refractivity contribution in [3.63, 3.8) is 0 Å². The molecular weight excluding hydrogens is 310 g/mol. The molecule has 0 aliphatic rings. The Bertz CT molecular complexity index is 458. The zero-order valence-corrected chi connectivity index (χ0v) is 12.8. The molecule has 0 heterocycles. The molecule has 1 amide bonds. The number of carbonyl (C=O) groups excluding carboxylic acids is 1. The summed E-state index contributed by atoms with van der Waals surface area (Å²) in [7, 11) is 0. The summed E-state index contributed by atoms with van der Waals surface area (Å²) in [5.41, 5.74) is 0.169. The van der Waals surface area contributed by atoms with Crippen LogP contribution >= 0.6 is 15.9 Å². The van der Waals surface area contributed by atoms with Crippen LogP contribution in [0.3, 0.4) is 0 Å². The highest BCUT2D eigenvalue weighted by Gasteiger charge is 2.14. The molecule has 1 aromatic carbocycles. The lowest BCUT2D eigenvalue weighted by atomic mass is 10.2. The summed E-state index contributed by atoms with van der Waals surface area (Å²) >= 11 is 3.34. The minimum absolute atomic E-state index is 0.183. The maximum atomic E-state index is 11.4. The zero-order chi connectivity index (χ0) is 14.5. The maximum Gasteiger partial charge on any atom is 0.407 e. The summed E-state index contributed by atoms with van der Waals surface area (Å²) in [6.45, 7) is 5.75. The van der Waals surface area contributed by atoms with Gasteiger partial charge < -0.3 is 15.2 Å². The number of nitrogens with one attached hydrogen (secondary N) is 1. The molecule has 0 spiro atoms. The molecule has 19 heavy (non-hydrogen) atoms. The Hall–Kier alpha value is -1.49. The fourth-order valence-electron chi connectivity index (χ4n) is 1.32. The van der Waals surface area contributed by atoms with Gasteiger partial charge in [0, 0.05) is 16.6 Å². The Morgan fingerprint density at radius 1 is 1.47 bits per heavy atom. The molecule has 4 nitrogen and oxygen atoms in total. The van der Waals surface area contributed by atoms with Crippen molar-refractivity contribution < 1.29 is 14.6 Å². The van der Waals surface area contributed by atoms with Gasteiger partial charge in [-0.05, 0) is 32.9 Å². The number of rotatable bonds is 3. The standard InChI is InChI=1S/C14H18BrNO3/c1-14(2,3)19-13(18)16-9-5-6-10-11(15)7-4-8-12(10)17/h4-8,17H,9H2,1-3H3,(H,16,18). The van der Waals surface area contributed by atoms with Crippen LogP contribution in [0.1, 0.15) is 26.3 Å². The second kappa shape index (κ2) is 6.61. The molecule has 104 valence electrons. The van der Waals surface area contributed by atoms with Crippen molar-refractivity contribution in [1.29, 1.82) is 0 Å². The minimum Gasteiger partial charge on any atom is -0.507 e. The SMILES string of the molecule is CC(C)(C)OC(=O)NCC=Cc1c(O)cccc1Br. The van der Waals surface area contributed by atoms with Crippen LogP contribution in [-0.2, 0) is 4.74 Å². The van der Waals surface area contributed by atoms with Gasteiger partial charge in [0.25, 0.3) is 0 Å². The first-order chi connectivity index (χ1) is 8.79. The van der Waals surface area contributed by atoms with E-state index in [4.69, 9.17) is 4.74 Å². The fourth-order valence-corrected chi connectivity index (χ4v) is 1.81. The number of ether oxygens (including phenoxy) is 1. The van der Waals surface area contributed by atoms with Crippen molar-refractivity contribution in [1.82, 2.24) is 5.32 Å². The topological polar surface area (TPSA) is 58.6 Å². The van der Waals surface area contributed by atoms with E-state index >= 15 is 0 Å². The first-order valence-corrected chi connectivity index (χ1v) is 6.70. The summed E-state index contributed by atoms with van der Waals surface area (Å²) in [4.78, 5) is 11.4. The van der Waals surface area contributed by atoms with Gasteiger partial charge in [-0.2, -0.15) is 0 Å². The molecule has 0 aromatic heterocycles. The highest BCUT2D eigenvalue weighted by atomic mass is 79.9. The number of hydrogen-bond acceptors (Lipinski definition) is 3. The summed E-state index contributed by atoms with van der Waals surface area (Å²) in [5.74, 6) is 0.183. The molecule has 0 saturated heterocycles. The van der Waals surface area contributed by atoms with Crippen LogP contribution in [0.15, 0.2) is 28.7 Å². The molecule has 0 radical (unpaired) electrons. The van der Waals surface area contributed by atoms with Crippen LogP contribution < -0.4 is 5.32 Å². The fraction of sp³-hybridized carbons (Fsp3) is 0.357. The Morgan fingerprint density at radius 3 is 2.74 bits per heavy atom. The number of hydrogen-bond donors (Lipinski definition) is 2. The number of phenolic OH excluding ortho intramolecular Hbond substituents is 1. The predicted molar refractivity (Wildman–Crippen MR) is 79.1 cm³/mol. The van der Waals surface area contributed by atoms with Crippen molar-refractivity contribution >= 4 is 28.1 Å². The number of carbonyl (C=O) groups is 1. The number of alkyl carbamates (subject to hydrolysis) is 1. The Kier molecular flexibility index (Phi) is 5.42. The van der Waals surface area contributed by atoms with Crippen LogP contribution in [0.4, 0.5) is 4.79 Å². The van der Waals surface area contributed by atoms with Gasteiger partial charge in [-0.15, -0.1) is 0 Å².